The lowest BCUT2D eigenvalue weighted by Crippen LogP contribution is -2.31. The van der Waals surface area contributed by atoms with Gasteiger partial charge < -0.3 is 4.90 Å². The van der Waals surface area contributed by atoms with Gasteiger partial charge in [0.2, 0.25) is 11.1 Å². The molecule has 3 heterocycles. The number of rotatable bonds is 5. The van der Waals surface area contributed by atoms with E-state index in [2.05, 4.69) is 33.0 Å². The smallest absolute Gasteiger partial charge is 0.233 e. The first-order valence-corrected chi connectivity index (χ1v) is 10.4. The number of tetrazole rings is 1. The summed E-state index contributed by atoms with van der Waals surface area (Å²) < 4.78 is 1.92. The molecule has 1 aliphatic carbocycles. The Morgan fingerprint density at radius 2 is 2.17 bits per heavy atom. The molecular weight excluding hydrogens is 342 g/mol. The van der Waals surface area contributed by atoms with Gasteiger partial charge in [-0.3, -0.25) is 4.79 Å². The van der Waals surface area contributed by atoms with Crippen LogP contribution in [0.1, 0.15) is 55.5 Å². The van der Waals surface area contributed by atoms with Gasteiger partial charge in [0.05, 0.1) is 17.8 Å². The van der Waals surface area contributed by atoms with Crippen LogP contribution in [0.4, 0.5) is 0 Å². The van der Waals surface area contributed by atoms with E-state index in [9.17, 15) is 4.79 Å². The van der Waals surface area contributed by atoms with E-state index in [1.165, 1.54) is 29.5 Å². The number of likely N-dealkylation sites (tertiary alicyclic amines) is 1. The number of amides is 1. The van der Waals surface area contributed by atoms with Gasteiger partial charge in [-0.05, 0) is 47.6 Å². The Balaban J connectivity index is 1.39. The lowest BCUT2D eigenvalue weighted by atomic mass is 10.2. The molecular formula is C16H21N5OS2. The molecule has 8 heteroatoms. The molecule has 24 heavy (non-hydrogen) atoms. The molecule has 1 saturated carbocycles. The second-order valence-electron chi connectivity index (χ2n) is 6.39. The summed E-state index contributed by atoms with van der Waals surface area (Å²) >= 11 is 3.21. The minimum atomic E-state index is 0.192. The molecule has 1 saturated heterocycles. The van der Waals surface area contributed by atoms with Crippen LogP contribution in [0.3, 0.4) is 0 Å². The highest BCUT2D eigenvalue weighted by atomic mass is 32.2. The van der Waals surface area contributed by atoms with Crippen LogP contribution in [0, 0.1) is 0 Å². The minimum Gasteiger partial charge on any atom is -0.334 e. The van der Waals surface area contributed by atoms with Gasteiger partial charge in [0.1, 0.15) is 0 Å². The molecule has 1 unspecified atom stereocenters. The van der Waals surface area contributed by atoms with Gasteiger partial charge in [0.15, 0.2) is 0 Å². The predicted molar refractivity (Wildman–Crippen MR) is 94.1 cm³/mol. The number of carbonyl (C=O) groups excluding carboxylic acids is 1. The molecule has 4 rings (SSSR count). The molecule has 0 aromatic carbocycles. The number of nitrogens with zero attached hydrogens (tertiary/aromatic N) is 5. The molecule has 2 aromatic heterocycles. The zero-order valence-electron chi connectivity index (χ0n) is 13.5. The number of hydrogen-bond donors (Lipinski definition) is 0. The van der Waals surface area contributed by atoms with Crippen molar-refractivity contribution in [2.24, 2.45) is 0 Å². The zero-order valence-corrected chi connectivity index (χ0v) is 15.1. The predicted octanol–water partition coefficient (Wildman–Crippen LogP) is 3.31. The number of aromatic nitrogens is 4. The second kappa shape index (κ2) is 7.23. The Labute approximate surface area is 149 Å². The highest BCUT2D eigenvalue weighted by molar-refractivity contribution is 7.99. The molecule has 1 atom stereocenters. The van der Waals surface area contributed by atoms with Crippen LogP contribution in [0.25, 0.3) is 0 Å². The number of thioether (sulfide) groups is 1. The van der Waals surface area contributed by atoms with Crippen LogP contribution in [0.15, 0.2) is 22.7 Å². The topological polar surface area (TPSA) is 63.9 Å². The highest BCUT2D eigenvalue weighted by Gasteiger charge is 2.31. The summed E-state index contributed by atoms with van der Waals surface area (Å²) in [6, 6.07) is 4.85. The minimum absolute atomic E-state index is 0.192. The molecule has 128 valence electrons. The summed E-state index contributed by atoms with van der Waals surface area (Å²) in [5.41, 5.74) is 0. The van der Waals surface area contributed by atoms with Crippen molar-refractivity contribution in [1.82, 2.24) is 25.1 Å². The molecule has 0 N–H and O–H groups in total. The third-order valence-corrected chi connectivity index (χ3v) is 6.79. The quantitative estimate of drug-likeness (QED) is 0.763. The van der Waals surface area contributed by atoms with E-state index in [0.717, 1.165) is 37.4 Å². The Morgan fingerprint density at radius 1 is 1.29 bits per heavy atom. The van der Waals surface area contributed by atoms with Crippen molar-refractivity contribution in [2.75, 3.05) is 12.3 Å². The average molecular weight is 364 g/mol. The van der Waals surface area contributed by atoms with Crippen LogP contribution < -0.4 is 0 Å². The van der Waals surface area contributed by atoms with Crippen LogP contribution in [-0.2, 0) is 4.79 Å². The normalized spacial score (nSPS) is 21.7. The van der Waals surface area contributed by atoms with E-state index in [1.54, 1.807) is 11.3 Å². The van der Waals surface area contributed by atoms with Crippen LogP contribution in [0.2, 0.25) is 0 Å². The lowest BCUT2D eigenvalue weighted by molar-refractivity contribution is -0.129. The van der Waals surface area contributed by atoms with Gasteiger partial charge in [-0.2, -0.15) is 0 Å². The van der Waals surface area contributed by atoms with Gasteiger partial charge in [-0.1, -0.05) is 30.7 Å². The molecule has 2 aromatic rings. The van der Waals surface area contributed by atoms with Gasteiger partial charge in [-0.25, -0.2) is 4.68 Å². The summed E-state index contributed by atoms with van der Waals surface area (Å²) in [5, 5.41) is 14.9. The summed E-state index contributed by atoms with van der Waals surface area (Å²) in [4.78, 5) is 16.0. The van der Waals surface area contributed by atoms with E-state index < -0.39 is 0 Å². The van der Waals surface area contributed by atoms with Crippen molar-refractivity contribution < 1.29 is 4.79 Å². The van der Waals surface area contributed by atoms with Crippen molar-refractivity contribution in [3.8, 4) is 0 Å². The first-order valence-electron chi connectivity index (χ1n) is 8.56. The molecule has 0 radical (unpaired) electrons. The molecule has 0 bridgehead atoms. The van der Waals surface area contributed by atoms with E-state index in [4.69, 9.17) is 0 Å². The van der Waals surface area contributed by atoms with Gasteiger partial charge in [0, 0.05) is 11.4 Å². The zero-order chi connectivity index (χ0) is 16.4. The standard InChI is InChI=1S/C16H21N5OS2/c22-15(20-9-3-7-13(20)14-8-4-10-23-14)11-24-16-17-18-19-21(16)12-5-1-2-6-12/h4,8,10,12-13H,1-3,5-7,9,11H2. The molecule has 2 fully saturated rings. The van der Waals surface area contributed by atoms with Gasteiger partial charge in [-0.15, -0.1) is 16.4 Å². The van der Waals surface area contributed by atoms with Crippen molar-refractivity contribution in [3.63, 3.8) is 0 Å². The van der Waals surface area contributed by atoms with Crippen LogP contribution in [0.5, 0.6) is 0 Å². The summed E-state index contributed by atoms with van der Waals surface area (Å²) in [5.74, 6) is 0.603. The van der Waals surface area contributed by atoms with E-state index in [-0.39, 0.29) is 11.9 Å². The maximum atomic E-state index is 12.7. The van der Waals surface area contributed by atoms with Crippen LogP contribution >= 0.6 is 23.1 Å². The SMILES string of the molecule is O=C(CSc1nnnn1C1CCCC1)N1CCCC1c1cccs1. The van der Waals surface area contributed by atoms with E-state index in [0.29, 0.717) is 11.8 Å². The van der Waals surface area contributed by atoms with E-state index >= 15 is 0 Å². The summed E-state index contributed by atoms with van der Waals surface area (Å²) in [6.45, 7) is 0.857. The largest absolute Gasteiger partial charge is 0.334 e. The third kappa shape index (κ3) is 3.21. The van der Waals surface area contributed by atoms with Gasteiger partial charge in [0.25, 0.3) is 0 Å². The third-order valence-electron chi connectivity index (χ3n) is 4.90. The van der Waals surface area contributed by atoms with Crippen molar-refractivity contribution >= 4 is 29.0 Å². The van der Waals surface area contributed by atoms with Crippen molar-refractivity contribution in [3.05, 3.63) is 22.4 Å². The lowest BCUT2D eigenvalue weighted by Gasteiger charge is -2.23. The highest BCUT2D eigenvalue weighted by Crippen LogP contribution is 2.35. The summed E-state index contributed by atoms with van der Waals surface area (Å²) in [7, 11) is 0. The molecule has 2 aliphatic rings. The van der Waals surface area contributed by atoms with Gasteiger partial charge >= 0.3 is 0 Å². The Morgan fingerprint density at radius 3 is 2.96 bits per heavy atom. The first-order chi connectivity index (χ1) is 11.8. The Hall–Kier alpha value is -1.41. The molecule has 1 amide bonds. The number of hydrogen-bond acceptors (Lipinski definition) is 6. The Bertz CT molecular complexity index is 680. The number of thiophene rings is 1. The second-order valence-corrected chi connectivity index (χ2v) is 8.32. The summed E-state index contributed by atoms with van der Waals surface area (Å²) in [6.07, 6.45) is 6.90. The Kier molecular flexibility index (Phi) is 4.84. The van der Waals surface area contributed by atoms with Crippen molar-refractivity contribution in [2.45, 2.75) is 55.8 Å². The fourth-order valence-electron chi connectivity index (χ4n) is 3.71. The first kappa shape index (κ1) is 16.1. The fourth-order valence-corrected chi connectivity index (χ4v) is 5.41. The maximum absolute atomic E-state index is 12.7. The molecule has 6 nitrogen and oxygen atoms in total. The molecule has 0 spiro atoms. The van der Waals surface area contributed by atoms with Crippen LogP contribution in [-0.4, -0.2) is 43.3 Å². The van der Waals surface area contributed by atoms with E-state index in [1.807, 2.05) is 9.58 Å². The monoisotopic (exact) mass is 363 g/mol. The maximum Gasteiger partial charge on any atom is 0.233 e. The molecule has 1 aliphatic heterocycles. The van der Waals surface area contributed by atoms with Crippen molar-refractivity contribution in [1.29, 1.82) is 0 Å². The fraction of sp³-hybridized carbons (Fsp3) is 0.625. The number of carbonyl (C=O) groups is 1. The average Bonchev–Trinajstić information content (AvgIpc) is 3.40.